The summed E-state index contributed by atoms with van der Waals surface area (Å²) in [6.07, 6.45) is 2.58. The van der Waals surface area contributed by atoms with Gasteiger partial charge in [0.2, 0.25) is 0 Å². The van der Waals surface area contributed by atoms with Crippen molar-refractivity contribution < 1.29 is 23.5 Å². The van der Waals surface area contributed by atoms with Gasteiger partial charge < -0.3 is 25.7 Å². The lowest BCUT2D eigenvalue weighted by molar-refractivity contribution is -0.110. The van der Waals surface area contributed by atoms with Crippen molar-refractivity contribution in [2.75, 3.05) is 18.4 Å². The third kappa shape index (κ3) is 5.30. The summed E-state index contributed by atoms with van der Waals surface area (Å²) in [6, 6.07) is 4.08. The first-order chi connectivity index (χ1) is 14.5. The summed E-state index contributed by atoms with van der Waals surface area (Å²) >= 11 is 0. The Morgan fingerprint density at radius 3 is 2.61 bits per heavy atom. The number of alkyl carbamates (subject to hydrolysis) is 1. The Labute approximate surface area is 179 Å². The quantitative estimate of drug-likeness (QED) is 0.433. The van der Waals surface area contributed by atoms with Crippen LogP contribution in [-0.2, 0) is 9.53 Å². The van der Waals surface area contributed by atoms with E-state index >= 15 is 0 Å². The highest BCUT2D eigenvalue weighted by Gasteiger charge is 2.25. The molecule has 0 atom stereocenters. The summed E-state index contributed by atoms with van der Waals surface area (Å²) in [6.45, 7) is 7.47. The first kappa shape index (κ1) is 22.1. The second-order valence-electron chi connectivity index (χ2n) is 8.13. The van der Waals surface area contributed by atoms with Gasteiger partial charge >= 0.3 is 6.09 Å². The number of rotatable bonds is 5. The number of nitrogens with one attached hydrogen (secondary N) is 4. The zero-order valence-electron chi connectivity index (χ0n) is 17.8. The molecular formula is C22H25FN4O4. The Kier molecular flexibility index (Phi) is 6.14. The van der Waals surface area contributed by atoms with Crippen LogP contribution < -0.4 is 16.0 Å². The van der Waals surface area contributed by atoms with Gasteiger partial charge in [-0.1, -0.05) is 0 Å². The zero-order chi connectivity index (χ0) is 22.8. The summed E-state index contributed by atoms with van der Waals surface area (Å²) in [4.78, 5) is 39.3. The molecule has 3 amide bonds. The van der Waals surface area contributed by atoms with E-state index in [0.717, 1.165) is 0 Å². The Balaban J connectivity index is 1.64. The molecule has 2 heterocycles. The van der Waals surface area contributed by atoms with E-state index in [9.17, 15) is 18.8 Å². The maximum atomic E-state index is 13.6. The van der Waals surface area contributed by atoms with E-state index in [-0.39, 0.29) is 24.9 Å². The molecule has 0 unspecified atom stereocenters. The van der Waals surface area contributed by atoms with Crippen molar-refractivity contribution in [3.63, 3.8) is 0 Å². The Morgan fingerprint density at radius 1 is 1.19 bits per heavy atom. The lowest BCUT2D eigenvalue weighted by Crippen LogP contribution is -2.37. The maximum absolute atomic E-state index is 13.6. The lowest BCUT2D eigenvalue weighted by atomic mass is 10.0. The minimum Gasteiger partial charge on any atom is -0.444 e. The number of aromatic nitrogens is 1. The van der Waals surface area contributed by atoms with Crippen LogP contribution >= 0.6 is 0 Å². The molecule has 1 aromatic heterocycles. The Morgan fingerprint density at radius 2 is 1.90 bits per heavy atom. The van der Waals surface area contributed by atoms with Gasteiger partial charge in [0.05, 0.1) is 11.1 Å². The number of benzene rings is 1. The van der Waals surface area contributed by atoms with Gasteiger partial charge in [0.25, 0.3) is 11.8 Å². The number of amides is 3. The van der Waals surface area contributed by atoms with Crippen LogP contribution in [-0.4, -0.2) is 41.6 Å². The minimum atomic E-state index is -0.594. The van der Waals surface area contributed by atoms with Gasteiger partial charge in [0.15, 0.2) is 0 Å². The van der Waals surface area contributed by atoms with Crippen molar-refractivity contribution in [2.24, 2.45) is 0 Å². The second kappa shape index (κ2) is 8.63. The van der Waals surface area contributed by atoms with Gasteiger partial charge in [-0.05, 0) is 57.5 Å². The van der Waals surface area contributed by atoms with Crippen LogP contribution in [0.2, 0.25) is 0 Å². The average Bonchev–Trinajstić information content (AvgIpc) is 3.18. The summed E-state index contributed by atoms with van der Waals surface area (Å²) in [5.41, 5.74) is 2.34. The summed E-state index contributed by atoms with van der Waals surface area (Å²) in [7, 11) is 0. The van der Waals surface area contributed by atoms with E-state index in [4.69, 9.17) is 4.74 Å². The SMILES string of the molecule is Cc1c(C(=O)NCCNC(=O)OC(C)(C)C)c[nH]c1C=C1C(=O)Nc2ccc(F)cc21. The molecular weight excluding hydrogens is 403 g/mol. The largest absolute Gasteiger partial charge is 0.444 e. The van der Waals surface area contributed by atoms with Gasteiger partial charge in [-0.15, -0.1) is 0 Å². The standard InChI is InChI=1S/C22H25FN4O4/c1-12-16(19(28)24-7-8-25-21(30)31-22(2,3)4)11-26-18(12)10-15-14-9-13(23)5-6-17(14)27-20(15)29/h5-6,9-11,26H,7-8H2,1-4H3,(H,24,28)(H,25,30)(H,27,29). The van der Waals surface area contributed by atoms with E-state index in [1.165, 1.54) is 24.4 Å². The summed E-state index contributed by atoms with van der Waals surface area (Å²) in [5.74, 6) is -1.11. The molecule has 0 saturated carbocycles. The highest BCUT2D eigenvalue weighted by molar-refractivity contribution is 6.34. The third-order valence-electron chi connectivity index (χ3n) is 4.56. The smallest absolute Gasteiger partial charge is 0.407 e. The average molecular weight is 428 g/mol. The molecule has 0 spiro atoms. The molecule has 31 heavy (non-hydrogen) atoms. The topological polar surface area (TPSA) is 112 Å². The predicted octanol–water partition coefficient (Wildman–Crippen LogP) is 3.21. The van der Waals surface area contributed by atoms with Crippen LogP contribution in [0.3, 0.4) is 0 Å². The highest BCUT2D eigenvalue weighted by Crippen LogP contribution is 2.34. The van der Waals surface area contributed by atoms with Crippen molar-refractivity contribution >= 4 is 35.2 Å². The van der Waals surface area contributed by atoms with Crippen LogP contribution in [0.5, 0.6) is 0 Å². The van der Waals surface area contributed by atoms with E-state index in [1.807, 2.05) is 0 Å². The van der Waals surface area contributed by atoms with E-state index < -0.39 is 17.5 Å². The Hall–Kier alpha value is -3.62. The number of ether oxygens (including phenoxy) is 1. The normalized spacial score (nSPS) is 14.2. The number of hydrogen-bond acceptors (Lipinski definition) is 4. The molecule has 1 aliphatic rings. The molecule has 9 heteroatoms. The molecule has 0 radical (unpaired) electrons. The first-order valence-corrected chi connectivity index (χ1v) is 9.81. The minimum absolute atomic E-state index is 0.212. The van der Waals surface area contributed by atoms with E-state index in [0.29, 0.717) is 33.6 Å². The number of carbonyl (C=O) groups is 3. The van der Waals surface area contributed by atoms with E-state index in [1.54, 1.807) is 33.8 Å². The fourth-order valence-electron chi connectivity index (χ4n) is 3.10. The van der Waals surface area contributed by atoms with Crippen LogP contribution in [0, 0.1) is 12.7 Å². The fourth-order valence-corrected chi connectivity index (χ4v) is 3.10. The number of fused-ring (bicyclic) bond motifs is 1. The molecule has 1 aromatic carbocycles. The second-order valence-corrected chi connectivity index (χ2v) is 8.13. The van der Waals surface area contributed by atoms with Crippen LogP contribution in [0.1, 0.15) is 48.0 Å². The van der Waals surface area contributed by atoms with Crippen molar-refractivity contribution in [3.8, 4) is 0 Å². The van der Waals surface area contributed by atoms with Crippen LogP contribution in [0.25, 0.3) is 11.6 Å². The molecule has 2 aromatic rings. The van der Waals surface area contributed by atoms with Gasteiger partial charge in [-0.25, -0.2) is 9.18 Å². The number of halogens is 1. The predicted molar refractivity (Wildman–Crippen MR) is 115 cm³/mol. The molecule has 1 aliphatic heterocycles. The molecule has 0 bridgehead atoms. The maximum Gasteiger partial charge on any atom is 0.407 e. The van der Waals surface area contributed by atoms with Crippen LogP contribution in [0.4, 0.5) is 14.9 Å². The van der Waals surface area contributed by atoms with Gasteiger partial charge in [-0.2, -0.15) is 0 Å². The number of carbonyl (C=O) groups excluding carboxylic acids is 3. The highest BCUT2D eigenvalue weighted by atomic mass is 19.1. The summed E-state index contributed by atoms with van der Waals surface area (Å²) < 4.78 is 18.7. The number of aromatic amines is 1. The molecule has 0 saturated heterocycles. The monoisotopic (exact) mass is 428 g/mol. The van der Waals surface area contributed by atoms with Crippen molar-refractivity contribution in [1.29, 1.82) is 0 Å². The Bertz CT molecular complexity index is 1070. The molecule has 0 aliphatic carbocycles. The fraction of sp³-hybridized carbons (Fsp3) is 0.318. The van der Waals surface area contributed by atoms with Gasteiger partial charge in [-0.3, -0.25) is 9.59 Å². The third-order valence-corrected chi connectivity index (χ3v) is 4.56. The molecule has 4 N–H and O–H groups in total. The number of H-pyrrole nitrogens is 1. The lowest BCUT2D eigenvalue weighted by Gasteiger charge is -2.19. The zero-order valence-corrected chi connectivity index (χ0v) is 17.8. The van der Waals surface area contributed by atoms with Gasteiger partial charge in [0.1, 0.15) is 11.4 Å². The molecule has 164 valence electrons. The summed E-state index contributed by atoms with van der Waals surface area (Å²) in [5, 5.41) is 7.97. The molecule has 0 fully saturated rings. The first-order valence-electron chi connectivity index (χ1n) is 9.81. The van der Waals surface area contributed by atoms with Crippen LogP contribution in [0.15, 0.2) is 24.4 Å². The van der Waals surface area contributed by atoms with Crippen molar-refractivity contribution in [1.82, 2.24) is 15.6 Å². The van der Waals surface area contributed by atoms with E-state index in [2.05, 4.69) is 20.9 Å². The van der Waals surface area contributed by atoms with Gasteiger partial charge in [0, 0.05) is 36.2 Å². The number of anilines is 1. The van der Waals surface area contributed by atoms with Crippen molar-refractivity contribution in [3.05, 3.63) is 52.6 Å². The number of hydrogen-bond donors (Lipinski definition) is 4. The molecule has 3 rings (SSSR count). The van der Waals surface area contributed by atoms with Crippen molar-refractivity contribution in [2.45, 2.75) is 33.3 Å². The molecule has 8 nitrogen and oxygen atoms in total.